The monoisotopic (exact) mass is 1060 g/mol. The Hall–Kier alpha value is -7.00. The van der Waals surface area contributed by atoms with E-state index in [-0.39, 0.29) is 62.8 Å². The third kappa shape index (κ3) is 19.1. The van der Waals surface area contributed by atoms with E-state index in [1.807, 2.05) is 0 Å². The summed E-state index contributed by atoms with van der Waals surface area (Å²) in [7, 11) is 1.56. The molecule has 0 unspecified atom stereocenters. The molecule has 1 aliphatic heterocycles. The first-order valence-corrected chi connectivity index (χ1v) is 25.0. The van der Waals surface area contributed by atoms with E-state index in [4.69, 9.17) is 11.5 Å². The van der Waals surface area contributed by atoms with E-state index in [1.165, 1.54) is 48.6 Å². The Kier molecular flexibility index (Phi) is 25.1. The molecule has 410 valence electrons. The number of imidazole rings is 1. The van der Waals surface area contributed by atoms with Crippen molar-refractivity contribution < 1.29 is 58.5 Å². The number of nitrogens with zero attached hydrogens (tertiary/aromatic N) is 3. The van der Waals surface area contributed by atoms with Gasteiger partial charge in [0.1, 0.15) is 48.0 Å². The second-order valence-electron chi connectivity index (χ2n) is 18.5. The van der Waals surface area contributed by atoms with Crippen LogP contribution in [-0.2, 0) is 56.0 Å². The van der Waals surface area contributed by atoms with Crippen LogP contribution >= 0.6 is 12.6 Å². The summed E-state index contributed by atoms with van der Waals surface area (Å²) in [5, 5.41) is 50.6. The van der Waals surface area contributed by atoms with E-state index in [1.54, 1.807) is 34.7 Å². The molecule has 26 nitrogen and oxygen atoms in total. The lowest BCUT2D eigenvalue weighted by atomic mass is 9.96. The molecule has 10 atom stereocenters. The van der Waals surface area contributed by atoms with Crippen molar-refractivity contribution >= 4 is 71.8 Å². The number of likely N-dealkylation sites (N-methyl/N-ethyl adjacent to an activating group) is 1. The first-order valence-electron chi connectivity index (χ1n) is 24.4. The number of hydrogen-bond donors (Lipinski definition) is 15. The number of rotatable bonds is 30. The average molecular weight is 1060 g/mol. The van der Waals surface area contributed by atoms with Gasteiger partial charge in [0, 0.05) is 43.6 Å². The van der Waals surface area contributed by atoms with Gasteiger partial charge < -0.3 is 79.2 Å². The fourth-order valence-electron chi connectivity index (χ4n) is 7.95. The molecule has 27 heteroatoms. The fraction of sp³-hybridized carbons (Fsp3) is 0.596. The number of carbonyl (C=O) groups is 9. The standard InChI is InChI=1S/C47H74N14O12S/c1-7-25(4)37(44(70)57-33(22-74)41(67)56-32(19-28-20-51-23-53-28)45(71)61-17-9-11-34(61)42(68)60-38(26(5)62)46(72)73)59-40(66)31(18-27-12-14-29(63)15-13-27)55-43(69)36(24(2)3)58-39(65)30(54-35(64)21-50-6)10-8-16-52-47(48)49/h12-15,20,23-26,30-34,36-38,50,62-63,74H,7-11,16-19,21-22H2,1-6H3,(H,51,53)(H,54,64)(H,55,69)(H,56,67)(H,57,70)(H,58,65)(H,59,66)(H,60,68)(H,72,73)(H4,48,49,52)/t25-,26+,30-,31-,32-,33-,34-,36-,37-,38-/m0/s1. The minimum atomic E-state index is -1.64. The average Bonchev–Trinajstić information content (AvgIpc) is 4.07. The van der Waals surface area contributed by atoms with Crippen LogP contribution in [0.25, 0.3) is 0 Å². The molecular formula is C47H74N14O12S. The van der Waals surface area contributed by atoms with Gasteiger partial charge in [-0.1, -0.05) is 46.2 Å². The van der Waals surface area contributed by atoms with E-state index < -0.39 is 120 Å². The lowest BCUT2D eigenvalue weighted by Crippen LogP contribution is -2.62. The number of aromatic amines is 1. The number of aliphatic imine (C=N–C) groups is 1. The van der Waals surface area contributed by atoms with Crippen molar-refractivity contribution in [1.29, 1.82) is 0 Å². The number of nitrogens with two attached hydrogens (primary N) is 2. The van der Waals surface area contributed by atoms with Crippen LogP contribution in [0.5, 0.6) is 5.75 Å². The summed E-state index contributed by atoms with van der Waals surface area (Å²) in [6, 6.07) is -4.68. The van der Waals surface area contributed by atoms with Gasteiger partial charge in [0.15, 0.2) is 12.0 Å². The molecule has 0 spiro atoms. The van der Waals surface area contributed by atoms with Crippen molar-refractivity contribution in [3.8, 4) is 5.75 Å². The highest BCUT2D eigenvalue weighted by molar-refractivity contribution is 7.80. The van der Waals surface area contributed by atoms with Crippen LogP contribution in [0.15, 0.2) is 41.8 Å². The van der Waals surface area contributed by atoms with Crippen LogP contribution < -0.4 is 54.0 Å². The first kappa shape index (κ1) is 61.3. The van der Waals surface area contributed by atoms with Gasteiger partial charge in [0.2, 0.25) is 47.3 Å². The fourth-order valence-corrected chi connectivity index (χ4v) is 8.20. The second kappa shape index (κ2) is 30.3. The number of aromatic nitrogens is 2. The Balaban J connectivity index is 1.88. The van der Waals surface area contributed by atoms with Gasteiger partial charge in [-0.3, -0.25) is 43.3 Å². The number of amides is 8. The molecule has 0 bridgehead atoms. The maximum absolute atomic E-state index is 14.4. The third-order valence-electron chi connectivity index (χ3n) is 12.3. The van der Waals surface area contributed by atoms with Crippen molar-refractivity contribution in [1.82, 2.24) is 57.4 Å². The molecule has 2 heterocycles. The van der Waals surface area contributed by atoms with E-state index >= 15 is 0 Å². The summed E-state index contributed by atoms with van der Waals surface area (Å²) in [5.41, 5.74) is 11.8. The Bertz CT molecular complexity index is 2250. The molecule has 1 aliphatic rings. The quantitative estimate of drug-likeness (QED) is 0.0157. The van der Waals surface area contributed by atoms with Crippen molar-refractivity contribution in [3.63, 3.8) is 0 Å². The topological polar surface area (TPSA) is 407 Å². The number of phenolic OH excluding ortho intramolecular Hbond substituents is 1. The summed E-state index contributed by atoms with van der Waals surface area (Å²) >= 11 is 4.33. The van der Waals surface area contributed by atoms with Gasteiger partial charge in [-0.2, -0.15) is 12.6 Å². The van der Waals surface area contributed by atoms with Crippen molar-refractivity contribution in [2.45, 2.75) is 134 Å². The summed E-state index contributed by atoms with van der Waals surface area (Å²) in [6.45, 7) is 8.14. The van der Waals surface area contributed by atoms with E-state index in [0.29, 0.717) is 30.5 Å². The number of aliphatic hydroxyl groups excluding tert-OH is 1. The molecule has 1 aromatic carbocycles. The number of carbonyl (C=O) groups excluding carboxylic acids is 8. The molecule has 74 heavy (non-hydrogen) atoms. The van der Waals surface area contributed by atoms with Gasteiger partial charge in [0.05, 0.1) is 19.0 Å². The zero-order valence-corrected chi connectivity index (χ0v) is 43.4. The summed E-state index contributed by atoms with van der Waals surface area (Å²) in [4.78, 5) is 135. The highest BCUT2D eigenvalue weighted by Gasteiger charge is 2.41. The molecule has 8 amide bonds. The Morgan fingerprint density at radius 1 is 0.811 bits per heavy atom. The Morgan fingerprint density at radius 3 is 1.99 bits per heavy atom. The van der Waals surface area contributed by atoms with Crippen LogP contribution in [0.4, 0.5) is 0 Å². The van der Waals surface area contributed by atoms with Crippen molar-refractivity contribution in [2.24, 2.45) is 28.3 Å². The van der Waals surface area contributed by atoms with Crippen molar-refractivity contribution in [2.75, 3.05) is 32.4 Å². The van der Waals surface area contributed by atoms with Crippen LogP contribution in [0.2, 0.25) is 0 Å². The summed E-state index contributed by atoms with van der Waals surface area (Å²) in [6.07, 6.45) is 2.36. The predicted molar refractivity (Wildman–Crippen MR) is 274 cm³/mol. The number of hydrogen-bond acceptors (Lipinski definition) is 15. The highest BCUT2D eigenvalue weighted by atomic mass is 32.1. The predicted octanol–water partition coefficient (Wildman–Crippen LogP) is -3.34. The van der Waals surface area contributed by atoms with Crippen LogP contribution in [0.1, 0.15) is 78.0 Å². The smallest absolute Gasteiger partial charge is 0.328 e. The van der Waals surface area contributed by atoms with Gasteiger partial charge >= 0.3 is 5.97 Å². The molecule has 16 N–H and O–H groups in total. The van der Waals surface area contributed by atoms with E-state index in [2.05, 4.69) is 70.1 Å². The summed E-state index contributed by atoms with van der Waals surface area (Å²) in [5.74, 6) is -9.01. The number of phenols is 1. The molecule has 1 fully saturated rings. The van der Waals surface area contributed by atoms with Gasteiger partial charge in [-0.05, 0) is 69.2 Å². The Labute approximate surface area is 435 Å². The number of nitrogens with one attached hydrogen (secondary N) is 9. The maximum Gasteiger partial charge on any atom is 0.328 e. The van der Waals surface area contributed by atoms with Gasteiger partial charge in [-0.25, -0.2) is 9.78 Å². The van der Waals surface area contributed by atoms with E-state index in [9.17, 15) is 58.5 Å². The van der Waals surface area contributed by atoms with Crippen LogP contribution in [0, 0.1) is 11.8 Å². The van der Waals surface area contributed by atoms with Crippen LogP contribution in [0.3, 0.4) is 0 Å². The minimum absolute atomic E-state index is 0.0587. The SMILES string of the molecule is CC[C@H](C)[C@H](NC(=O)[C@H](Cc1ccc(O)cc1)NC(=O)[C@@H](NC(=O)[C@H](CCCN=C(N)N)NC(=O)CNC)C(C)C)C(=O)N[C@@H](CS)C(=O)N[C@@H](Cc1cnc[nH]1)C(=O)N1CCC[C@H]1C(=O)N[C@H](C(=O)O)[C@@H](C)O. The zero-order chi connectivity index (χ0) is 55.2. The number of H-pyrrole nitrogens is 1. The van der Waals surface area contributed by atoms with Gasteiger partial charge in [-0.15, -0.1) is 0 Å². The number of carboxylic acid groups (broad SMARTS) is 1. The second-order valence-corrected chi connectivity index (χ2v) is 18.8. The zero-order valence-electron chi connectivity index (χ0n) is 42.6. The van der Waals surface area contributed by atoms with E-state index in [0.717, 1.165) is 0 Å². The molecule has 3 rings (SSSR count). The number of aliphatic carboxylic acids is 1. The number of likely N-dealkylation sites (tertiary alicyclic amines) is 1. The van der Waals surface area contributed by atoms with Gasteiger partial charge in [0.25, 0.3) is 0 Å². The first-order chi connectivity index (χ1) is 35.0. The number of aromatic hydroxyl groups is 1. The Morgan fingerprint density at radius 2 is 1.42 bits per heavy atom. The lowest BCUT2D eigenvalue weighted by Gasteiger charge is -2.31. The van der Waals surface area contributed by atoms with Crippen LogP contribution in [-0.4, -0.2) is 176 Å². The normalized spacial score (nSPS) is 16.9. The molecule has 0 saturated carbocycles. The summed E-state index contributed by atoms with van der Waals surface area (Å²) < 4.78 is 0. The number of carboxylic acids is 1. The molecule has 0 radical (unpaired) electrons. The minimum Gasteiger partial charge on any atom is -0.508 e. The molecule has 1 saturated heterocycles. The largest absolute Gasteiger partial charge is 0.508 e. The molecule has 1 aromatic heterocycles. The molecule has 0 aliphatic carbocycles. The van der Waals surface area contributed by atoms with Crippen molar-refractivity contribution in [3.05, 3.63) is 48.0 Å². The number of benzene rings is 1. The highest BCUT2D eigenvalue weighted by Crippen LogP contribution is 2.21. The molecule has 2 aromatic rings. The number of aliphatic hydroxyl groups is 1. The number of thiol groups is 1. The third-order valence-corrected chi connectivity index (χ3v) is 12.6. The lowest BCUT2D eigenvalue weighted by molar-refractivity contribution is -0.147. The maximum atomic E-state index is 14.4. The number of guanidine groups is 1. The molecular weight excluding hydrogens is 985 g/mol.